The molecule has 1 N–H and O–H groups in total. The van der Waals surface area contributed by atoms with E-state index in [1.165, 1.54) is 88.6 Å². The van der Waals surface area contributed by atoms with Gasteiger partial charge in [-0.05, 0) is 236 Å². The van der Waals surface area contributed by atoms with Crippen molar-refractivity contribution in [2.45, 2.75) is 196 Å². The highest BCUT2D eigenvalue weighted by Gasteiger charge is 2.47. The van der Waals surface area contributed by atoms with Gasteiger partial charge in [0.1, 0.15) is 149 Å². The zero-order valence-electron chi connectivity index (χ0n) is 75.3. The van der Waals surface area contributed by atoms with Gasteiger partial charge in [-0.2, -0.15) is 0 Å². The monoisotopic (exact) mass is 1750 g/mol. The summed E-state index contributed by atoms with van der Waals surface area (Å²) in [7, 11) is 0. The second-order valence-electron chi connectivity index (χ2n) is 38.9. The molecule has 0 aromatic heterocycles. The van der Waals surface area contributed by atoms with Crippen molar-refractivity contribution in [2.75, 3.05) is 112 Å². The van der Waals surface area contributed by atoms with Gasteiger partial charge in [-0.25, -0.2) is 0 Å². The van der Waals surface area contributed by atoms with E-state index in [0.717, 1.165) is 111 Å². The largest absolute Gasteiger partial charge is 0.491 e. The number of aliphatic hydroxyl groups is 1. The molecule has 7 aliphatic heterocycles. The maximum atomic E-state index is 12.1. The molecule has 20 rings (SSSR count). The minimum Gasteiger partial charge on any atom is -0.491 e. The fraction of sp³-hybridized carbons (Fsp3) is 0.523. The summed E-state index contributed by atoms with van der Waals surface area (Å²) in [5.74, 6) is 9.31. The van der Waals surface area contributed by atoms with Crippen LogP contribution in [0.4, 0.5) is 0 Å². The van der Waals surface area contributed by atoms with Gasteiger partial charge in [0.2, 0.25) is 0 Å². The standard InChI is InChI=1S/C39H44O7.C38H40O6.C16H24O2.C14H20O6/c1-38(2,29-9-17-34(18-10-29)43-23-36-25-45-36)27-5-13-32(14-6-27)41-21-31(40)22-42-33-15-7-28(8-16-33)39(3,4)30-11-19-35(20-12-30)44-24-37-26-46-37;1-37(2,27-8-14-31(15-9-27)39-20-34-23-42-34)26-4-6-28(7-5-26)38(3,29-10-16-32(17-11-29)40-21-35-24-43-35)30-12-18-33(19-13-30)41-22-36-25-44-36;17-16(13-4-3-12-7-15(12)8-13)18-9-10-1-2-11-6-14(11)5-10;15-13(19-7-9-5-17-9)11-3-1-2-4-12(11)14(16)20-8-10-6-18-10/h5-20,31,36-37,40H,21-26H2,1-4H3;4-19,34-36H,20-25H2,1-3H3;10-15H,1-9H2;9-12H,1-8H2. The number of hydrogen-bond acceptors (Lipinski definition) is 21. The Hall–Kier alpha value is -9.55. The van der Waals surface area contributed by atoms with E-state index in [4.69, 9.17) is 80.5 Å². The van der Waals surface area contributed by atoms with E-state index in [1.54, 1.807) is 0 Å². The molecule has 0 radical (unpaired) electrons. The van der Waals surface area contributed by atoms with Crippen molar-refractivity contribution in [1.29, 1.82) is 0 Å². The van der Waals surface area contributed by atoms with Gasteiger partial charge in [-0.1, -0.05) is 164 Å². The third-order valence-electron chi connectivity index (χ3n) is 28.0. The summed E-state index contributed by atoms with van der Waals surface area (Å²) in [6.07, 6.45) is 14.2. The van der Waals surface area contributed by atoms with Crippen LogP contribution < -0.4 is 33.2 Å². The molecule has 21 nitrogen and oxygen atoms in total. The SMILES string of the molecule is CC(C)(c1ccc(OCC(O)COc2ccc(C(C)(C)c3ccc(OCC4CO4)cc3)cc2)cc1)c1ccc(OCC2CO2)cc1.CC(C)(c1ccc(OCC2CO2)cc1)c1ccc(C(C)(c2ccc(OCC3CO3)cc2)c2ccc(OCC3CO3)cc2)cc1.O=C(OCC1CCC2CC2C1)C1CCC2CC2C1.O=C(OCC1CO1)C1CCCCC1C(=O)OCC1CO1. The molecule has 7 heterocycles. The molecule has 5 aliphatic carbocycles. The second-order valence-corrected chi connectivity index (χ2v) is 38.9. The van der Waals surface area contributed by atoms with Gasteiger partial charge in [0.05, 0.1) is 70.6 Å². The third-order valence-corrected chi connectivity index (χ3v) is 28.0. The van der Waals surface area contributed by atoms with Crippen LogP contribution in [0.25, 0.3) is 0 Å². The summed E-state index contributed by atoms with van der Waals surface area (Å²) in [6.45, 7) is 25.5. The molecule has 12 fully saturated rings. The average Bonchev–Trinajstić information content (AvgIpc) is 0.784. The van der Waals surface area contributed by atoms with E-state index in [9.17, 15) is 19.5 Å². The minimum atomic E-state index is -0.772. The van der Waals surface area contributed by atoms with Crippen molar-refractivity contribution in [3.05, 3.63) is 244 Å². The Morgan fingerprint density at radius 2 is 0.539 bits per heavy atom. The van der Waals surface area contributed by atoms with Crippen LogP contribution in [-0.2, 0) is 83.4 Å². The Kier molecular flexibility index (Phi) is 28.8. The molecule has 0 spiro atoms. The lowest BCUT2D eigenvalue weighted by atomic mass is 9.70. The lowest BCUT2D eigenvalue weighted by molar-refractivity contribution is -0.163. The summed E-state index contributed by atoms with van der Waals surface area (Å²) in [4.78, 5) is 36.2. The summed E-state index contributed by atoms with van der Waals surface area (Å²) in [6, 6.07) is 67.0. The highest BCUT2D eigenvalue weighted by Crippen LogP contribution is 2.53. The first-order chi connectivity index (χ1) is 62.1. The molecule has 0 bridgehead atoms. The number of fused-ring (bicyclic) bond motifs is 2. The van der Waals surface area contributed by atoms with Crippen LogP contribution in [0.3, 0.4) is 0 Å². The van der Waals surface area contributed by atoms with Crippen LogP contribution in [-0.4, -0.2) is 184 Å². The highest BCUT2D eigenvalue weighted by atomic mass is 16.6. The van der Waals surface area contributed by atoms with E-state index in [-0.39, 0.29) is 108 Å². The quantitative estimate of drug-likeness (QED) is 0.0163. The predicted octanol–water partition coefficient (Wildman–Crippen LogP) is 17.5. The van der Waals surface area contributed by atoms with E-state index < -0.39 is 11.5 Å². The van der Waals surface area contributed by atoms with Crippen LogP contribution in [0.2, 0.25) is 0 Å². The molecule has 15 atom stereocenters. The number of carbonyl (C=O) groups excluding carboxylic acids is 3. The number of rotatable bonds is 39. The maximum absolute atomic E-state index is 12.1. The Balaban J connectivity index is 0.000000129. The summed E-state index contributed by atoms with van der Waals surface area (Å²) < 4.78 is 93.4. The number of esters is 3. The molecule has 7 saturated heterocycles. The van der Waals surface area contributed by atoms with Crippen LogP contribution in [0.1, 0.15) is 176 Å². The Morgan fingerprint density at radius 3 is 0.828 bits per heavy atom. The fourth-order valence-corrected chi connectivity index (χ4v) is 18.1. The molecular formula is C107H128O21. The van der Waals surface area contributed by atoms with Gasteiger partial charge in [0.25, 0.3) is 0 Å². The normalized spacial score (nSPS) is 26.3. The number of epoxide rings is 7. The van der Waals surface area contributed by atoms with Crippen molar-refractivity contribution in [1.82, 2.24) is 0 Å². The average molecular weight is 1750 g/mol. The molecular weight excluding hydrogens is 1620 g/mol. The Bertz CT molecular complexity index is 4680. The van der Waals surface area contributed by atoms with Crippen LogP contribution >= 0.6 is 0 Å². The number of aliphatic hydroxyl groups excluding tert-OH is 1. The van der Waals surface area contributed by atoms with E-state index in [2.05, 4.69) is 194 Å². The van der Waals surface area contributed by atoms with Crippen molar-refractivity contribution in [3.8, 4) is 40.2 Å². The first kappa shape index (κ1) is 90.4. The van der Waals surface area contributed by atoms with Gasteiger partial charge in [-0.15, -0.1) is 0 Å². The van der Waals surface area contributed by atoms with Gasteiger partial charge < -0.3 is 85.6 Å². The molecule has 5 saturated carbocycles. The van der Waals surface area contributed by atoms with Crippen molar-refractivity contribution in [2.24, 2.45) is 47.3 Å². The van der Waals surface area contributed by atoms with Crippen LogP contribution in [0.5, 0.6) is 40.2 Å². The Morgan fingerprint density at radius 1 is 0.289 bits per heavy atom. The predicted molar refractivity (Wildman–Crippen MR) is 482 cm³/mol. The Labute approximate surface area is 754 Å². The molecule has 8 aromatic carbocycles. The molecule has 21 heteroatoms. The topological polar surface area (TPSA) is 251 Å². The maximum Gasteiger partial charge on any atom is 0.309 e. The number of hydrogen-bond donors (Lipinski definition) is 1. The van der Waals surface area contributed by atoms with Gasteiger partial charge >= 0.3 is 17.9 Å². The van der Waals surface area contributed by atoms with Gasteiger partial charge in [-0.3, -0.25) is 14.4 Å². The first-order valence-corrected chi connectivity index (χ1v) is 46.8. The van der Waals surface area contributed by atoms with Crippen LogP contribution in [0.15, 0.2) is 194 Å². The fourth-order valence-electron chi connectivity index (χ4n) is 18.1. The summed E-state index contributed by atoms with van der Waals surface area (Å²) in [5.41, 5.74) is 9.83. The minimum absolute atomic E-state index is 0.0555. The molecule has 15 unspecified atom stereocenters. The molecule has 128 heavy (non-hydrogen) atoms. The van der Waals surface area contributed by atoms with Crippen molar-refractivity contribution in [3.63, 3.8) is 0 Å². The summed E-state index contributed by atoms with van der Waals surface area (Å²) >= 11 is 0. The first-order valence-electron chi connectivity index (χ1n) is 46.8. The van der Waals surface area contributed by atoms with E-state index in [0.29, 0.717) is 96.3 Å². The lowest BCUT2D eigenvalue weighted by Gasteiger charge is -2.33. The second kappa shape index (κ2) is 40.9. The van der Waals surface area contributed by atoms with Crippen molar-refractivity contribution < 1.29 is 100 Å². The zero-order chi connectivity index (χ0) is 88.4. The van der Waals surface area contributed by atoms with E-state index in [1.807, 2.05) is 48.5 Å². The zero-order valence-corrected chi connectivity index (χ0v) is 75.3. The third kappa shape index (κ3) is 25.1. The molecule has 8 aromatic rings. The molecule has 0 amide bonds. The smallest absolute Gasteiger partial charge is 0.309 e. The molecule has 12 aliphatic rings. The highest BCUT2D eigenvalue weighted by molar-refractivity contribution is 5.82. The molecule has 682 valence electrons. The van der Waals surface area contributed by atoms with E-state index >= 15 is 0 Å². The van der Waals surface area contributed by atoms with Crippen LogP contribution in [0, 0.1) is 47.3 Å². The number of ether oxygens (including phenoxy) is 17. The van der Waals surface area contributed by atoms with Crippen molar-refractivity contribution >= 4 is 17.9 Å². The van der Waals surface area contributed by atoms with Gasteiger partial charge in [0.15, 0.2) is 0 Å². The number of benzene rings is 8. The number of carbonyl (C=O) groups is 3. The lowest BCUT2D eigenvalue weighted by Crippen LogP contribution is -2.35. The summed E-state index contributed by atoms with van der Waals surface area (Å²) in [5, 5.41) is 10.5. The van der Waals surface area contributed by atoms with Gasteiger partial charge in [0, 0.05) is 21.7 Å².